The lowest BCUT2D eigenvalue weighted by molar-refractivity contribution is -0.137. The lowest BCUT2D eigenvalue weighted by Gasteiger charge is -2.47. The van der Waals surface area contributed by atoms with E-state index in [2.05, 4.69) is 33.2 Å². The van der Waals surface area contributed by atoms with E-state index in [1.54, 1.807) is 12.3 Å². The number of anilines is 1. The number of hydrogen-bond acceptors (Lipinski definition) is 6. The Morgan fingerprint density at radius 2 is 1.85 bits per heavy atom. The molecule has 3 aliphatic rings. The minimum absolute atomic E-state index is 0.0263. The molecule has 1 N–H and O–H groups in total. The van der Waals surface area contributed by atoms with Crippen LogP contribution in [0.4, 0.5) is 18.9 Å². The molecule has 3 heterocycles. The summed E-state index contributed by atoms with van der Waals surface area (Å²) in [5.41, 5.74) is 3.49. The fourth-order valence-electron chi connectivity index (χ4n) is 6.36. The van der Waals surface area contributed by atoms with Gasteiger partial charge in [-0.1, -0.05) is 29.4 Å². The topological polar surface area (TPSA) is 71.6 Å². The van der Waals surface area contributed by atoms with E-state index < -0.39 is 11.7 Å². The molecule has 0 amide bonds. The number of halogens is 3. The number of piperidine rings is 1. The van der Waals surface area contributed by atoms with Crippen molar-refractivity contribution in [3.05, 3.63) is 77.7 Å². The number of aliphatic hydroxyl groups is 1. The van der Waals surface area contributed by atoms with Crippen LogP contribution in [-0.2, 0) is 6.18 Å². The summed E-state index contributed by atoms with van der Waals surface area (Å²) in [4.78, 5) is 6.80. The number of alkyl halides is 3. The van der Waals surface area contributed by atoms with E-state index in [4.69, 9.17) is 9.26 Å². The van der Waals surface area contributed by atoms with Crippen LogP contribution in [0.3, 0.4) is 0 Å². The van der Waals surface area contributed by atoms with Crippen molar-refractivity contribution in [2.24, 2.45) is 5.41 Å². The van der Waals surface area contributed by atoms with E-state index in [0.29, 0.717) is 11.4 Å². The molecule has 4 aromatic rings. The maximum atomic E-state index is 13.9. The molecule has 6 nitrogen and oxygen atoms in total. The van der Waals surface area contributed by atoms with Crippen molar-refractivity contribution in [2.45, 2.75) is 44.2 Å². The van der Waals surface area contributed by atoms with Gasteiger partial charge in [0.15, 0.2) is 0 Å². The van der Waals surface area contributed by atoms with E-state index in [9.17, 15) is 18.3 Å². The first-order valence-electron chi connectivity index (χ1n) is 14.1. The predicted octanol–water partition coefficient (Wildman–Crippen LogP) is 7.23. The van der Waals surface area contributed by atoms with Gasteiger partial charge in [-0.15, -0.1) is 0 Å². The minimum Gasteiger partial charge on any atom is -0.490 e. The molecule has 1 spiro atoms. The van der Waals surface area contributed by atoms with Crippen LogP contribution >= 0.6 is 0 Å². The number of rotatable bonds is 7. The number of ether oxygens (including phenoxy) is 1. The van der Waals surface area contributed by atoms with Crippen LogP contribution in [0.2, 0.25) is 0 Å². The van der Waals surface area contributed by atoms with Gasteiger partial charge in [0.2, 0.25) is 0 Å². The molecule has 212 valence electrons. The first-order valence-corrected chi connectivity index (χ1v) is 14.1. The lowest BCUT2D eigenvalue weighted by atomic mass is 9.63. The summed E-state index contributed by atoms with van der Waals surface area (Å²) in [5.74, 6) is 1.67. The molecule has 0 radical (unpaired) electrons. The molecule has 1 saturated heterocycles. The van der Waals surface area contributed by atoms with Crippen LogP contribution in [0, 0.1) is 5.41 Å². The number of pyridine rings is 1. The number of aliphatic hydroxyl groups excluding tert-OH is 1. The average Bonchev–Trinajstić information content (AvgIpc) is 3.72. The fraction of sp³-hybridized carbons (Fsp3) is 0.375. The summed E-state index contributed by atoms with van der Waals surface area (Å²) in [5, 5.41) is 14.3. The summed E-state index contributed by atoms with van der Waals surface area (Å²) in [6, 6.07) is 13.6. The highest BCUT2D eigenvalue weighted by Crippen LogP contribution is 2.56. The molecule has 1 aliphatic heterocycles. The van der Waals surface area contributed by atoms with Crippen LogP contribution in [0.1, 0.15) is 54.9 Å². The first-order chi connectivity index (χ1) is 19.9. The SMILES string of the molecule is OCCOc1ccnc2ccc(N3CCC4(C=C(c5c(-c6ccccc6C(F)(F)F)noc5C5CC5)C4)CC3)cc12. The predicted molar refractivity (Wildman–Crippen MR) is 150 cm³/mol. The third kappa shape index (κ3) is 4.76. The molecule has 0 atom stereocenters. The Morgan fingerprint density at radius 3 is 2.59 bits per heavy atom. The second-order valence-corrected chi connectivity index (χ2v) is 11.4. The van der Waals surface area contributed by atoms with Crippen molar-refractivity contribution in [1.82, 2.24) is 10.1 Å². The minimum atomic E-state index is -4.47. The van der Waals surface area contributed by atoms with E-state index >= 15 is 0 Å². The van der Waals surface area contributed by atoms with Gasteiger partial charge >= 0.3 is 6.18 Å². The van der Waals surface area contributed by atoms with E-state index in [0.717, 1.165) is 84.7 Å². The molecule has 2 aliphatic carbocycles. The molecule has 0 unspecified atom stereocenters. The highest BCUT2D eigenvalue weighted by Gasteiger charge is 2.44. The van der Waals surface area contributed by atoms with Crippen molar-refractivity contribution in [1.29, 1.82) is 0 Å². The standard InChI is InChI=1S/C32H30F3N3O3/c33-32(34,35)25-4-2-1-3-23(25)29-28(30(41-37-29)20-5-6-20)21-18-31(19-21)10-13-38(14-11-31)22-7-8-26-24(17-22)27(9-12-36-26)40-16-15-39/h1-4,7-9,12,17-18,20,39H,5-6,10-11,13-16,19H2. The quantitative estimate of drug-likeness (QED) is 0.257. The Labute approximate surface area is 235 Å². The van der Waals surface area contributed by atoms with Gasteiger partial charge in [0, 0.05) is 47.4 Å². The molecular formula is C32H30F3N3O3. The smallest absolute Gasteiger partial charge is 0.417 e. The highest BCUT2D eigenvalue weighted by atomic mass is 19.4. The molecule has 1 saturated carbocycles. The van der Waals surface area contributed by atoms with Crippen molar-refractivity contribution >= 4 is 22.2 Å². The van der Waals surface area contributed by atoms with E-state index in [-0.39, 0.29) is 30.1 Å². The van der Waals surface area contributed by atoms with Crippen LogP contribution in [0.15, 0.2) is 65.3 Å². The summed E-state index contributed by atoms with van der Waals surface area (Å²) in [6.45, 7) is 1.90. The Balaban J connectivity index is 1.14. The zero-order valence-electron chi connectivity index (χ0n) is 22.5. The van der Waals surface area contributed by atoms with Gasteiger partial charge in [-0.05, 0) is 73.4 Å². The largest absolute Gasteiger partial charge is 0.490 e. The summed E-state index contributed by atoms with van der Waals surface area (Å²) >= 11 is 0. The maximum Gasteiger partial charge on any atom is 0.417 e. The third-order valence-corrected chi connectivity index (χ3v) is 8.66. The highest BCUT2D eigenvalue weighted by molar-refractivity contribution is 5.88. The second-order valence-electron chi connectivity index (χ2n) is 11.4. The van der Waals surface area contributed by atoms with Crippen molar-refractivity contribution in [2.75, 3.05) is 31.2 Å². The van der Waals surface area contributed by atoms with Crippen molar-refractivity contribution in [3.8, 4) is 17.0 Å². The summed E-state index contributed by atoms with van der Waals surface area (Å²) < 4.78 is 53.1. The maximum absolute atomic E-state index is 13.9. The summed E-state index contributed by atoms with van der Waals surface area (Å²) in [6.07, 6.45) is 4.17. The number of benzene rings is 2. The molecule has 7 rings (SSSR count). The molecule has 0 bridgehead atoms. The van der Waals surface area contributed by atoms with Crippen LogP contribution < -0.4 is 9.64 Å². The average molecular weight is 562 g/mol. The van der Waals surface area contributed by atoms with Gasteiger partial charge in [0.25, 0.3) is 0 Å². The zero-order chi connectivity index (χ0) is 28.2. The normalized spacial score (nSPS) is 18.4. The lowest BCUT2D eigenvalue weighted by Crippen LogP contribution is -2.42. The van der Waals surface area contributed by atoms with Crippen molar-refractivity contribution < 1.29 is 27.5 Å². The van der Waals surface area contributed by atoms with Gasteiger partial charge in [-0.25, -0.2) is 0 Å². The Bertz CT molecular complexity index is 1630. The van der Waals surface area contributed by atoms with Crippen LogP contribution in [0.25, 0.3) is 27.7 Å². The molecule has 9 heteroatoms. The first kappa shape index (κ1) is 26.1. The van der Waals surface area contributed by atoms with Gasteiger partial charge in [0.1, 0.15) is 23.8 Å². The number of nitrogens with zero attached hydrogens (tertiary/aromatic N) is 3. The summed E-state index contributed by atoms with van der Waals surface area (Å²) in [7, 11) is 0. The zero-order valence-corrected chi connectivity index (χ0v) is 22.5. The van der Waals surface area contributed by atoms with E-state index in [1.165, 1.54) is 12.1 Å². The van der Waals surface area contributed by atoms with Crippen LogP contribution in [0.5, 0.6) is 5.75 Å². The molecule has 41 heavy (non-hydrogen) atoms. The van der Waals surface area contributed by atoms with Gasteiger partial charge in [-0.2, -0.15) is 13.2 Å². The van der Waals surface area contributed by atoms with Gasteiger partial charge in [-0.3, -0.25) is 4.98 Å². The molecule has 2 aromatic heterocycles. The molecular weight excluding hydrogens is 531 g/mol. The van der Waals surface area contributed by atoms with Gasteiger partial charge < -0.3 is 19.3 Å². The monoisotopic (exact) mass is 561 g/mol. The van der Waals surface area contributed by atoms with Crippen molar-refractivity contribution in [3.63, 3.8) is 0 Å². The Morgan fingerprint density at radius 1 is 1.07 bits per heavy atom. The number of fused-ring (bicyclic) bond motifs is 1. The van der Waals surface area contributed by atoms with E-state index in [1.807, 2.05) is 12.1 Å². The third-order valence-electron chi connectivity index (χ3n) is 8.66. The molecule has 2 aromatic carbocycles. The number of allylic oxidation sites excluding steroid dienone is 2. The second kappa shape index (κ2) is 9.91. The number of aromatic nitrogens is 2. The molecule has 2 fully saturated rings. The fourth-order valence-corrected chi connectivity index (χ4v) is 6.36. The van der Waals surface area contributed by atoms with Crippen LogP contribution in [-0.4, -0.2) is 41.6 Å². The Kier molecular flexibility index (Phi) is 6.30. The Hall–Kier alpha value is -3.85. The number of hydrogen-bond donors (Lipinski definition) is 1. The van der Waals surface area contributed by atoms with Gasteiger partial charge in [0.05, 0.1) is 17.7 Å².